The third-order valence-electron chi connectivity index (χ3n) is 3.89. The molecular formula is C16H25N. The lowest BCUT2D eigenvalue weighted by atomic mass is 9.75. The van der Waals surface area contributed by atoms with Crippen molar-refractivity contribution in [1.29, 1.82) is 0 Å². The maximum Gasteiger partial charge on any atom is 0.00812 e. The van der Waals surface area contributed by atoms with Crippen LogP contribution < -0.4 is 5.32 Å². The average molecular weight is 231 g/mol. The predicted octanol–water partition coefficient (Wildman–Crippen LogP) is 4.02. The lowest BCUT2D eigenvalue weighted by Crippen LogP contribution is -2.44. The third kappa shape index (κ3) is 3.32. The fourth-order valence-electron chi connectivity index (χ4n) is 2.87. The van der Waals surface area contributed by atoms with Crippen molar-refractivity contribution in [2.24, 2.45) is 0 Å². The first-order valence-corrected chi connectivity index (χ1v) is 7.01. The first-order valence-electron chi connectivity index (χ1n) is 7.01. The molecule has 94 valence electrons. The largest absolute Gasteiger partial charge is 0.311 e. The molecule has 1 N–H and O–H groups in total. The Morgan fingerprint density at radius 1 is 1.35 bits per heavy atom. The zero-order chi connectivity index (χ0) is 12.3. The van der Waals surface area contributed by atoms with Gasteiger partial charge in [-0.15, -0.1) is 0 Å². The summed E-state index contributed by atoms with van der Waals surface area (Å²) >= 11 is 0. The van der Waals surface area contributed by atoms with Crippen LogP contribution in [0.25, 0.3) is 0 Å². The Labute approximate surface area is 106 Å². The Morgan fingerprint density at radius 3 is 2.76 bits per heavy atom. The molecule has 1 aromatic carbocycles. The molecule has 1 heteroatoms. The van der Waals surface area contributed by atoms with Gasteiger partial charge in [0.25, 0.3) is 0 Å². The Bertz CT molecular complexity index is 352. The maximum absolute atomic E-state index is 3.73. The van der Waals surface area contributed by atoms with E-state index in [9.17, 15) is 0 Å². The van der Waals surface area contributed by atoms with E-state index in [2.05, 4.69) is 50.4 Å². The molecule has 1 nitrogen and oxygen atoms in total. The van der Waals surface area contributed by atoms with Crippen LogP contribution in [0.2, 0.25) is 0 Å². The van der Waals surface area contributed by atoms with Gasteiger partial charge >= 0.3 is 0 Å². The minimum Gasteiger partial charge on any atom is -0.311 e. The highest BCUT2D eigenvalue weighted by molar-refractivity contribution is 5.27. The Hall–Kier alpha value is -0.820. The first-order chi connectivity index (χ1) is 8.19. The molecule has 0 bridgehead atoms. The Balaban J connectivity index is 1.79. The van der Waals surface area contributed by atoms with Gasteiger partial charge in [0.2, 0.25) is 0 Å². The molecule has 17 heavy (non-hydrogen) atoms. The van der Waals surface area contributed by atoms with Crippen LogP contribution >= 0.6 is 0 Å². The van der Waals surface area contributed by atoms with Crippen LogP contribution in [0.15, 0.2) is 24.3 Å². The van der Waals surface area contributed by atoms with E-state index >= 15 is 0 Å². The first kappa shape index (κ1) is 12.6. The van der Waals surface area contributed by atoms with Gasteiger partial charge < -0.3 is 5.32 Å². The van der Waals surface area contributed by atoms with Gasteiger partial charge in [-0.25, -0.2) is 0 Å². The van der Waals surface area contributed by atoms with Crippen LogP contribution in [-0.2, 0) is 0 Å². The van der Waals surface area contributed by atoms with Gasteiger partial charge in [0.05, 0.1) is 0 Å². The Kier molecular flexibility index (Phi) is 4.22. The van der Waals surface area contributed by atoms with E-state index in [-0.39, 0.29) is 0 Å². The van der Waals surface area contributed by atoms with Gasteiger partial charge in [-0.05, 0) is 44.6 Å². The van der Waals surface area contributed by atoms with Crippen molar-refractivity contribution in [1.82, 2.24) is 5.32 Å². The number of hydrogen-bond donors (Lipinski definition) is 1. The quantitative estimate of drug-likeness (QED) is 0.807. The lowest BCUT2D eigenvalue weighted by molar-refractivity contribution is 0.264. The van der Waals surface area contributed by atoms with Crippen molar-refractivity contribution >= 4 is 0 Å². The second-order valence-corrected chi connectivity index (χ2v) is 5.64. The van der Waals surface area contributed by atoms with E-state index in [1.807, 2.05) is 0 Å². The zero-order valence-electron chi connectivity index (χ0n) is 11.4. The fourth-order valence-corrected chi connectivity index (χ4v) is 2.87. The van der Waals surface area contributed by atoms with E-state index in [0.29, 0.717) is 6.04 Å². The molecule has 1 atom stereocenters. The van der Waals surface area contributed by atoms with Crippen LogP contribution in [0.1, 0.15) is 56.6 Å². The summed E-state index contributed by atoms with van der Waals surface area (Å²) in [5.74, 6) is 0.793. The molecule has 0 heterocycles. The highest BCUT2D eigenvalue weighted by Gasteiger charge is 2.30. The van der Waals surface area contributed by atoms with Crippen molar-refractivity contribution in [2.75, 3.05) is 0 Å². The molecule has 0 spiro atoms. The molecule has 1 saturated carbocycles. The standard InChI is InChI=1S/C16H25N/c1-4-6-13(3)17-16-10-15(11-16)14-8-5-7-12(2)9-14/h5,7-9,13,15-17H,4,6,10-11H2,1-3H3. The molecule has 0 aliphatic heterocycles. The number of aryl methyl sites for hydroxylation is 1. The second-order valence-electron chi connectivity index (χ2n) is 5.64. The summed E-state index contributed by atoms with van der Waals surface area (Å²) in [7, 11) is 0. The molecule has 1 fully saturated rings. The number of rotatable bonds is 5. The normalized spacial score (nSPS) is 25.4. The number of nitrogens with one attached hydrogen (secondary N) is 1. The molecule has 1 aromatic rings. The fraction of sp³-hybridized carbons (Fsp3) is 0.625. The summed E-state index contributed by atoms with van der Waals surface area (Å²) in [5, 5.41) is 3.73. The van der Waals surface area contributed by atoms with Crippen molar-refractivity contribution in [2.45, 2.75) is 64.5 Å². The van der Waals surface area contributed by atoms with E-state index in [1.165, 1.54) is 36.8 Å². The molecule has 1 aliphatic rings. The van der Waals surface area contributed by atoms with E-state index in [0.717, 1.165) is 12.0 Å². The van der Waals surface area contributed by atoms with E-state index in [1.54, 1.807) is 0 Å². The summed E-state index contributed by atoms with van der Waals surface area (Å²) in [4.78, 5) is 0. The second kappa shape index (κ2) is 5.68. The van der Waals surface area contributed by atoms with Crippen LogP contribution in [0, 0.1) is 6.92 Å². The minimum atomic E-state index is 0.684. The molecule has 1 unspecified atom stereocenters. The van der Waals surface area contributed by atoms with Crippen molar-refractivity contribution in [3.05, 3.63) is 35.4 Å². The third-order valence-corrected chi connectivity index (χ3v) is 3.89. The van der Waals surface area contributed by atoms with E-state index < -0.39 is 0 Å². The average Bonchev–Trinajstić information content (AvgIpc) is 2.23. The van der Waals surface area contributed by atoms with Crippen LogP contribution in [-0.4, -0.2) is 12.1 Å². The molecule has 0 aromatic heterocycles. The minimum absolute atomic E-state index is 0.684. The van der Waals surface area contributed by atoms with Crippen LogP contribution in [0.4, 0.5) is 0 Å². The summed E-state index contributed by atoms with van der Waals surface area (Å²) < 4.78 is 0. The van der Waals surface area contributed by atoms with Gasteiger partial charge in [-0.1, -0.05) is 43.2 Å². The maximum atomic E-state index is 3.73. The molecule has 0 saturated heterocycles. The van der Waals surface area contributed by atoms with Gasteiger partial charge in [0.1, 0.15) is 0 Å². The molecule has 0 radical (unpaired) electrons. The summed E-state index contributed by atoms with van der Waals surface area (Å²) in [5.41, 5.74) is 2.92. The van der Waals surface area contributed by atoms with E-state index in [4.69, 9.17) is 0 Å². The smallest absolute Gasteiger partial charge is 0.00812 e. The van der Waals surface area contributed by atoms with Crippen molar-refractivity contribution < 1.29 is 0 Å². The topological polar surface area (TPSA) is 12.0 Å². The van der Waals surface area contributed by atoms with Crippen molar-refractivity contribution in [3.63, 3.8) is 0 Å². The molecule has 1 aliphatic carbocycles. The van der Waals surface area contributed by atoms with Gasteiger partial charge in [-0.3, -0.25) is 0 Å². The zero-order valence-corrected chi connectivity index (χ0v) is 11.4. The van der Waals surface area contributed by atoms with Crippen molar-refractivity contribution in [3.8, 4) is 0 Å². The van der Waals surface area contributed by atoms with Gasteiger partial charge in [-0.2, -0.15) is 0 Å². The molecule has 0 amide bonds. The highest BCUT2D eigenvalue weighted by Crippen LogP contribution is 2.37. The summed E-state index contributed by atoms with van der Waals surface area (Å²) in [6.45, 7) is 6.75. The SMILES string of the molecule is CCCC(C)NC1CC(c2cccc(C)c2)C1. The van der Waals surface area contributed by atoms with Crippen LogP contribution in [0.3, 0.4) is 0 Å². The van der Waals surface area contributed by atoms with Gasteiger partial charge in [0.15, 0.2) is 0 Å². The summed E-state index contributed by atoms with van der Waals surface area (Å²) in [6, 6.07) is 10.4. The lowest BCUT2D eigenvalue weighted by Gasteiger charge is -2.38. The monoisotopic (exact) mass is 231 g/mol. The van der Waals surface area contributed by atoms with Gasteiger partial charge in [0, 0.05) is 12.1 Å². The summed E-state index contributed by atoms with van der Waals surface area (Å²) in [6.07, 6.45) is 5.21. The Morgan fingerprint density at radius 2 is 2.12 bits per heavy atom. The molecule has 2 rings (SSSR count). The predicted molar refractivity (Wildman–Crippen MR) is 74.4 cm³/mol. The number of hydrogen-bond acceptors (Lipinski definition) is 1. The van der Waals surface area contributed by atoms with Crippen LogP contribution in [0.5, 0.6) is 0 Å². The molecular weight excluding hydrogens is 206 g/mol. The highest BCUT2D eigenvalue weighted by atomic mass is 15.0. The number of benzene rings is 1.